The summed E-state index contributed by atoms with van der Waals surface area (Å²) < 4.78 is 0. The summed E-state index contributed by atoms with van der Waals surface area (Å²) in [6.45, 7) is 0. The van der Waals surface area contributed by atoms with Crippen molar-refractivity contribution in [3.63, 3.8) is 0 Å². The molecule has 0 saturated heterocycles. The zero-order chi connectivity index (χ0) is 0. The first kappa shape index (κ1) is 65.7. The molecule has 5 heavy (non-hydrogen) atoms. The SMILES string of the molecule is Cl.Cl.Cl.P.[Ru]. The summed E-state index contributed by atoms with van der Waals surface area (Å²) in [6.07, 6.45) is 0. The summed E-state index contributed by atoms with van der Waals surface area (Å²) in [4.78, 5) is 0. The maximum absolute atomic E-state index is 0. The number of halogens is 3. The molecule has 0 heterocycles. The minimum absolute atomic E-state index is 0. The summed E-state index contributed by atoms with van der Waals surface area (Å²) in [7, 11) is 0. The molecular formula is H6Cl3PRu. The average molecular weight is 244 g/mol. The minimum atomic E-state index is 0. The van der Waals surface area contributed by atoms with Gasteiger partial charge in [0, 0.05) is 19.5 Å². The molecule has 0 aromatic carbocycles. The Morgan fingerprint density at radius 2 is 0.600 bits per heavy atom. The number of hydrogen-bond donors (Lipinski definition) is 0. The summed E-state index contributed by atoms with van der Waals surface area (Å²) in [6, 6.07) is 0. The Morgan fingerprint density at radius 1 is 0.600 bits per heavy atom. The molecule has 0 fully saturated rings. The molecule has 0 aliphatic rings. The zero-order valence-electron chi connectivity index (χ0n) is 2.29. The van der Waals surface area contributed by atoms with Crippen LogP contribution in [-0.2, 0) is 19.5 Å². The van der Waals surface area contributed by atoms with Crippen LogP contribution in [0.4, 0.5) is 0 Å². The maximum Gasteiger partial charge on any atom is 0 e. The van der Waals surface area contributed by atoms with Gasteiger partial charge in [0.15, 0.2) is 0 Å². The molecule has 1 atom stereocenters. The van der Waals surface area contributed by atoms with Crippen molar-refractivity contribution < 1.29 is 19.5 Å². The van der Waals surface area contributed by atoms with Gasteiger partial charge < -0.3 is 0 Å². The van der Waals surface area contributed by atoms with E-state index in [1.54, 1.807) is 0 Å². The van der Waals surface area contributed by atoms with E-state index in [1.165, 1.54) is 0 Å². The molecule has 0 saturated carbocycles. The maximum atomic E-state index is 0. The van der Waals surface area contributed by atoms with Crippen LogP contribution < -0.4 is 0 Å². The molecule has 0 bridgehead atoms. The van der Waals surface area contributed by atoms with E-state index < -0.39 is 0 Å². The molecule has 5 heteroatoms. The Balaban J connectivity index is 0. The largest absolute Gasteiger partial charge is 0.153 e. The van der Waals surface area contributed by atoms with Crippen LogP contribution in [0.5, 0.6) is 0 Å². The number of rotatable bonds is 0. The van der Waals surface area contributed by atoms with E-state index in [4.69, 9.17) is 0 Å². The molecule has 40 valence electrons. The molecule has 0 radical (unpaired) electrons. The molecule has 0 aromatic rings. The third kappa shape index (κ3) is 24.6. The second kappa shape index (κ2) is 38.8. The van der Waals surface area contributed by atoms with Gasteiger partial charge in [-0.25, -0.2) is 0 Å². The van der Waals surface area contributed by atoms with Crippen LogP contribution in [0.2, 0.25) is 0 Å². The van der Waals surface area contributed by atoms with Crippen molar-refractivity contribution >= 4 is 47.1 Å². The standard InChI is InChI=1S/3ClH.H3P.Ru/h3*1H;1H3;. The summed E-state index contributed by atoms with van der Waals surface area (Å²) >= 11 is 0. The first-order chi connectivity index (χ1) is 0. The van der Waals surface area contributed by atoms with Crippen LogP contribution in [0.25, 0.3) is 0 Å². The quantitative estimate of drug-likeness (QED) is 0.445. The van der Waals surface area contributed by atoms with Crippen molar-refractivity contribution in [3.8, 4) is 0 Å². The van der Waals surface area contributed by atoms with Gasteiger partial charge in [-0.15, -0.1) is 37.2 Å². The fraction of sp³-hybridized carbons (Fsp3) is 0. The van der Waals surface area contributed by atoms with E-state index in [9.17, 15) is 0 Å². The molecule has 0 amide bonds. The van der Waals surface area contributed by atoms with Crippen molar-refractivity contribution in [1.29, 1.82) is 0 Å². The van der Waals surface area contributed by atoms with Crippen LogP contribution in [0, 0.1) is 0 Å². The molecule has 0 rings (SSSR count). The second-order valence-electron chi connectivity index (χ2n) is 0. The smallest absolute Gasteiger partial charge is 0 e. The van der Waals surface area contributed by atoms with Gasteiger partial charge in [0.1, 0.15) is 0 Å². The van der Waals surface area contributed by atoms with Crippen molar-refractivity contribution in [3.05, 3.63) is 0 Å². The molecule has 0 aliphatic carbocycles. The summed E-state index contributed by atoms with van der Waals surface area (Å²) in [5, 5.41) is 0. The zero-order valence-corrected chi connectivity index (χ0v) is 7.89. The number of hydrogen-bond acceptors (Lipinski definition) is 0. The molecular weight excluding hydrogens is 238 g/mol. The summed E-state index contributed by atoms with van der Waals surface area (Å²) in [5.74, 6) is 0. The fourth-order valence-electron chi connectivity index (χ4n) is 0. The Labute approximate surface area is 66.5 Å². The van der Waals surface area contributed by atoms with Crippen LogP contribution in [0.1, 0.15) is 0 Å². The molecule has 0 aromatic heterocycles. The van der Waals surface area contributed by atoms with Gasteiger partial charge in [0.05, 0.1) is 0 Å². The first-order valence-electron chi connectivity index (χ1n) is 0. The van der Waals surface area contributed by atoms with Crippen molar-refractivity contribution in [2.75, 3.05) is 0 Å². The predicted octanol–water partition coefficient (Wildman–Crippen LogP) is 1.32. The van der Waals surface area contributed by atoms with Gasteiger partial charge in [-0.05, 0) is 0 Å². The van der Waals surface area contributed by atoms with E-state index in [0.29, 0.717) is 0 Å². The van der Waals surface area contributed by atoms with E-state index in [0.717, 1.165) is 0 Å². The van der Waals surface area contributed by atoms with E-state index in [1.807, 2.05) is 0 Å². The van der Waals surface area contributed by atoms with Gasteiger partial charge in [-0.1, -0.05) is 0 Å². The van der Waals surface area contributed by atoms with Crippen molar-refractivity contribution in [1.82, 2.24) is 0 Å². The van der Waals surface area contributed by atoms with E-state index in [2.05, 4.69) is 0 Å². The van der Waals surface area contributed by atoms with Crippen LogP contribution in [-0.4, -0.2) is 0 Å². The van der Waals surface area contributed by atoms with Crippen LogP contribution in [0.15, 0.2) is 0 Å². The average Bonchev–Trinajstić information content (AvgIpc) is 0. The molecule has 0 spiro atoms. The molecule has 1 unspecified atom stereocenters. The third-order valence-electron chi connectivity index (χ3n) is 0. The van der Waals surface area contributed by atoms with Gasteiger partial charge in [0.25, 0.3) is 0 Å². The minimum Gasteiger partial charge on any atom is -0.153 e. The Kier molecular flexibility index (Phi) is 510. The summed E-state index contributed by atoms with van der Waals surface area (Å²) in [5.41, 5.74) is 0. The molecule has 0 N–H and O–H groups in total. The van der Waals surface area contributed by atoms with Crippen molar-refractivity contribution in [2.45, 2.75) is 0 Å². The van der Waals surface area contributed by atoms with Crippen LogP contribution >= 0.6 is 47.1 Å². The van der Waals surface area contributed by atoms with Gasteiger partial charge in [-0.2, -0.15) is 9.90 Å². The van der Waals surface area contributed by atoms with Gasteiger partial charge in [-0.3, -0.25) is 0 Å². The van der Waals surface area contributed by atoms with Crippen LogP contribution in [0.3, 0.4) is 0 Å². The Hall–Kier alpha value is 1.92. The third-order valence-corrected chi connectivity index (χ3v) is 0. The normalized spacial score (nSPS) is 0. The second-order valence-corrected chi connectivity index (χ2v) is 0. The monoisotopic (exact) mass is 244 g/mol. The van der Waals surface area contributed by atoms with E-state index in [-0.39, 0.29) is 66.6 Å². The Bertz CT molecular complexity index is 6.85. The first-order valence-corrected chi connectivity index (χ1v) is 0. The fourth-order valence-corrected chi connectivity index (χ4v) is 0. The molecule has 0 aliphatic heterocycles. The van der Waals surface area contributed by atoms with Gasteiger partial charge in [0.2, 0.25) is 0 Å². The van der Waals surface area contributed by atoms with Gasteiger partial charge >= 0.3 is 0 Å². The molecule has 0 nitrogen and oxygen atoms in total. The predicted molar refractivity (Wildman–Crippen MR) is 32.8 cm³/mol. The van der Waals surface area contributed by atoms with E-state index >= 15 is 0 Å². The topological polar surface area (TPSA) is 0 Å². The van der Waals surface area contributed by atoms with Crippen molar-refractivity contribution in [2.24, 2.45) is 0 Å². The Morgan fingerprint density at radius 3 is 0.600 bits per heavy atom.